The number of nitrogens with one attached hydrogen (secondary N) is 1. The fraction of sp³-hybridized carbons (Fsp3) is 0.917. The van der Waals surface area contributed by atoms with Crippen molar-refractivity contribution in [1.29, 1.82) is 0 Å². The maximum absolute atomic E-state index is 11.5. The van der Waals surface area contributed by atoms with Gasteiger partial charge in [-0.25, -0.2) is 4.79 Å². The first-order valence-electron chi connectivity index (χ1n) is 5.98. The van der Waals surface area contributed by atoms with Crippen LogP contribution in [-0.4, -0.2) is 24.3 Å². The Labute approximate surface area is 98.9 Å². The molecule has 3 N–H and O–H groups in total. The fourth-order valence-corrected chi connectivity index (χ4v) is 1.34. The molecule has 1 amide bonds. The number of hydrogen-bond acceptors (Lipinski definition) is 3. The van der Waals surface area contributed by atoms with Crippen molar-refractivity contribution in [3.8, 4) is 0 Å². The minimum Gasteiger partial charge on any atom is -0.444 e. The first kappa shape index (κ1) is 15.2. The van der Waals surface area contributed by atoms with E-state index < -0.39 is 5.60 Å². The van der Waals surface area contributed by atoms with Crippen LogP contribution in [0.15, 0.2) is 0 Å². The molecule has 0 aromatic carbocycles. The minimum absolute atomic E-state index is 0.00444. The second kappa shape index (κ2) is 6.74. The molecule has 2 atom stereocenters. The van der Waals surface area contributed by atoms with Crippen LogP contribution >= 0.6 is 0 Å². The quantitative estimate of drug-likeness (QED) is 0.761. The van der Waals surface area contributed by atoms with Crippen LogP contribution in [0.3, 0.4) is 0 Å². The van der Waals surface area contributed by atoms with Crippen LogP contribution in [0.2, 0.25) is 0 Å². The Bertz CT molecular complexity index is 212. The third-order valence-electron chi connectivity index (χ3n) is 2.39. The standard InChI is InChI=1S/C12H26N2O2/c1-6-9(2)7-10(8-13)14-11(15)16-12(3,4)5/h9-10H,6-8,13H2,1-5H3,(H,14,15). The van der Waals surface area contributed by atoms with Crippen molar-refractivity contribution in [3.63, 3.8) is 0 Å². The van der Waals surface area contributed by atoms with Crippen molar-refractivity contribution in [2.75, 3.05) is 6.54 Å². The normalized spacial score (nSPS) is 15.4. The summed E-state index contributed by atoms with van der Waals surface area (Å²) in [5, 5.41) is 2.80. The first-order chi connectivity index (χ1) is 7.28. The predicted octanol–water partition coefficient (Wildman–Crippen LogP) is 2.27. The molecule has 0 aliphatic rings. The van der Waals surface area contributed by atoms with Crippen LogP contribution in [0.1, 0.15) is 47.5 Å². The van der Waals surface area contributed by atoms with Crippen molar-refractivity contribution < 1.29 is 9.53 Å². The van der Waals surface area contributed by atoms with Gasteiger partial charge in [-0.05, 0) is 33.1 Å². The van der Waals surface area contributed by atoms with Gasteiger partial charge in [0.25, 0.3) is 0 Å². The van der Waals surface area contributed by atoms with Crippen LogP contribution in [0, 0.1) is 5.92 Å². The lowest BCUT2D eigenvalue weighted by Crippen LogP contribution is -2.43. The summed E-state index contributed by atoms with van der Waals surface area (Å²) in [6.45, 7) is 10.3. The molecule has 0 fully saturated rings. The highest BCUT2D eigenvalue weighted by molar-refractivity contribution is 5.68. The number of hydrogen-bond donors (Lipinski definition) is 2. The van der Waals surface area contributed by atoms with E-state index >= 15 is 0 Å². The molecule has 4 nitrogen and oxygen atoms in total. The topological polar surface area (TPSA) is 64.3 Å². The average molecular weight is 230 g/mol. The zero-order chi connectivity index (χ0) is 12.8. The van der Waals surface area contributed by atoms with E-state index in [-0.39, 0.29) is 12.1 Å². The van der Waals surface area contributed by atoms with Gasteiger partial charge in [0.1, 0.15) is 5.60 Å². The Morgan fingerprint density at radius 2 is 2.00 bits per heavy atom. The van der Waals surface area contributed by atoms with Gasteiger partial charge in [0.2, 0.25) is 0 Å². The number of amides is 1. The van der Waals surface area contributed by atoms with Crippen molar-refractivity contribution >= 4 is 6.09 Å². The monoisotopic (exact) mass is 230 g/mol. The smallest absolute Gasteiger partial charge is 0.407 e. The molecule has 0 aliphatic heterocycles. The molecule has 2 unspecified atom stereocenters. The van der Waals surface area contributed by atoms with E-state index in [0.29, 0.717) is 12.5 Å². The molecule has 0 saturated carbocycles. The van der Waals surface area contributed by atoms with Crippen molar-refractivity contribution in [2.24, 2.45) is 11.7 Å². The summed E-state index contributed by atoms with van der Waals surface area (Å²) in [5.41, 5.74) is 5.16. The lowest BCUT2D eigenvalue weighted by atomic mass is 9.99. The molecule has 0 aliphatic carbocycles. The Morgan fingerprint density at radius 3 is 2.38 bits per heavy atom. The van der Waals surface area contributed by atoms with Gasteiger partial charge < -0.3 is 15.8 Å². The third-order valence-corrected chi connectivity index (χ3v) is 2.39. The molecule has 0 saturated heterocycles. The second-order valence-electron chi connectivity index (χ2n) is 5.33. The molecular weight excluding hydrogens is 204 g/mol. The maximum Gasteiger partial charge on any atom is 0.407 e. The summed E-state index contributed by atoms with van der Waals surface area (Å²) in [6.07, 6.45) is 1.60. The molecule has 4 heteroatoms. The van der Waals surface area contributed by atoms with Crippen LogP contribution in [0.5, 0.6) is 0 Å². The van der Waals surface area contributed by atoms with Gasteiger partial charge in [-0.3, -0.25) is 0 Å². The SMILES string of the molecule is CCC(C)CC(CN)NC(=O)OC(C)(C)C. The number of alkyl carbamates (subject to hydrolysis) is 1. The van der Waals surface area contributed by atoms with Crippen LogP contribution < -0.4 is 11.1 Å². The summed E-state index contributed by atoms with van der Waals surface area (Å²) >= 11 is 0. The van der Waals surface area contributed by atoms with Gasteiger partial charge in [-0.2, -0.15) is 0 Å². The Kier molecular flexibility index (Phi) is 6.41. The number of ether oxygens (including phenoxy) is 1. The van der Waals surface area contributed by atoms with E-state index in [4.69, 9.17) is 10.5 Å². The average Bonchev–Trinajstić information content (AvgIpc) is 2.13. The zero-order valence-electron chi connectivity index (χ0n) is 11.2. The Morgan fingerprint density at radius 1 is 1.44 bits per heavy atom. The van der Waals surface area contributed by atoms with Gasteiger partial charge in [-0.1, -0.05) is 20.3 Å². The van der Waals surface area contributed by atoms with E-state index in [1.165, 1.54) is 0 Å². The molecule has 0 rings (SSSR count). The number of carbonyl (C=O) groups is 1. The highest BCUT2D eigenvalue weighted by atomic mass is 16.6. The lowest BCUT2D eigenvalue weighted by molar-refractivity contribution is 0.0500. The number of nitrogens with two attached hydrogens (primary N) is 1. The summed E-state index contributed by atoms with van der Waals surface area (Å²) in [6, 6.07) is 0.00444. The van der Waals surface area contributed by atoms with Crippen LogP contribution in [-0.2, 0) is 4.74 Å². The largest absolute Gasteiger partial charge is 0.444 e. The van der Waals surface area contributed by atoms with E-state index in [9.17, 15) is 4.79 Å². The van der Waals surface area contributed by atoms with Crippen LogP contribution in [0.25, 0.3) is 0 Å². The fourth-order valence-electron chi connectivity index (χ4n) is 1.34. The molecule has 0 aromatic heterocycles. The molecule has 0 radical (unpaired) electrons. The molecule has 0 heterocycles. The van der Waals surface area contributed by atoms with Crippen molar-refractivity contribution in [1.82, 2.24) is 5.32 Å². The van der Waals surface area contributed by atoms with Gasteiger partial charge in [0, 0.05) is 12.6 Å². The van der Waals surface area contributed by atoms with Gasteiger partial charge >= 0.3 is 6.09 Å². The zero-order valence-corrected chi connectivity index (χ0v) is 11.2. The summed E-state index contributed by atoms with van der Waals surface area (Å²) < 4.78 is 5.18. The third kappa shape index (κ3) is 7.51. The Balaban J connectivity index is 4.07. The molecule has 0 spiro atoms. The van der Waals surface area contributed by atoms with Gasteiger partial charge in [-0.15, -0.1) is 0 Å². The molecule has 0 bridgehead atoms. The van der Waals surface area contributed by atoms with Gasteiger partial charge in [0.15, 0.2) is 0 Å². The number of carbonyl (C=O) groups excluding carboxylic acids is 1. The molecule has 0 aromatic rings. The van der Waals surface area contributed by atoms with Crippen molar-refractivity contribution in [2.45, 2.75) is 59.1 Å². The lowest BCUT2D eigenvalue weighted by Gasteiger charge is -2.24. The predicted molar refractivity (Wildman–Crippen MR) is 66.3 cm³/mol. The Hall–Kier alpha value is -0.770. The summed E-state index contributed by atoms with van der Waals surface area (Å²) in [4.78, 5) is 11.5. The highest BCUT2D eigenvalue weighted by Gasteiger charge is 2.19. The number of rotatable bonds is 5. The van der Waals surface area contributed by atoms with Crippen LogP contribution in [0.4, 0.5) is 4.79 Å². The van der Waals surface area contributed by atoms with Crippen molar-refractivity contribution in [3.05, 3.63) is 0 Å². The summed E-state index contributed by atoms with van der Waals surface area (Å²) in [5.74, 6) is 0.559. The molecular formula is C12H26N2O2. The summed E-state index contributed by atoms with van der Waals surface area (Å²) in [7, 11) is 0. The van der Waals surface area contributed by atoms with E-state index in [1.54, 1.807) is 0 Å². The highest BCUT2D eigenvalue weighted by Crippen LogP contribution is 2.11. The maximum atomic E-state index is 11.5. The molecule has 96 valence electrons. The molecule has 16 heavy (non-hydrogen) atoms. The van der Waals surface area contributed by atoms with E-state index in [2.05, 4.69) is 19.2 Å². The van der Waals surface area contributed by atoms with Gasteiger partial charge in [0.05, 0.1) is 0 Å². The van der Waals surface area contributed by atoms with E-state index in [1.807, 2.05) is 20.8 Å². The first-order valence-corrected chi connectivity index (χ1v) is 5.98. The second-order valence-corrected chi connectivity index (χ2v) is 5.33. The van der Waals surface area contributed by atoms with E-state index in [0.717, 1.165) is 12.8 Å². The minimum atomic E-state index is -0.459.